The van der Waals surface area contributed by atoms with E-state index in [-0.39, 0.29) is 11.9 Å². The van der Waals surface area contributed by atoms with Crippen LogP contribution in [0.2, 0.25) is 0 Å². The highest BCUT2D eigenvalue weighted by Crippen LogP contribution is 2.18. The van der Waals surface area contributed by atoms with Gasteiger partial charge in [-0.15, -0.1) is 0 Å². The lowest BCUT2D eigenvalue weighted by atomic mass is 10.2. The molecule has 0 bridgehead atoms. The molecule has 1 atom stereocenters. The van der Waals surface area contributed by atoms with Crippen LogP contribution in [0.25, 0.3) is 0 Å². The first-order chi connectivity index (χ1) is 10.3. The average Bonchev–Trinajstić information content (AvgIpc) is 3.01. The van der Waals surface area contributed by atoms with Crippen molar-refractivity contribution in [3.05, 3.63) is 33.8 Å². The predicted octanol–water partition coefficient (Wildman–Crippen LogP) is 2.70. The summed E-state index contributed by atoms with van der Waals surface area (Å²) in [5.41, 5.74) is 2.91. The van der Waals surface area contributed by atoms with Crippen molar-refractivity contribution in [3.63, 3.8) is 0 Å². The number of likely N-dealkylation sites (N-methyl/N-ethyl adjacent to an activating group) is 1. The van der Waals surface area contributed by atoms with E-state index in [9.17, 15) is 4.79 Å². The minimum Gasteiger partial charge on any atom is -0.339 e. The van der Waals surface area contributed by atoms with Crippen molar-refractivity contribution < 1.29 is 4.79 Å². The molecular weight excluding hydrogens is 346 g/mol. The maximum atomic E-state index is 12.6. The van der Waals surface area contributed by atoms with Crippen molar-refractivity contribution in [2.45, 2.75) is 46.8 Å². The molecule has 2 aromatic rings. The Labute approximate surface area is 139 Å². The van der Waals surface area contributed by atoms with Crippen LogP contribution < -0.4 is 0 Å². The number of carbonyl (C=O) groups is 1. The van der Waals surface area contributed by atoms with Crippen LogP contribution in [0.1, 0.15) is 36.8 Å². The smallest absolute Gasteiger partial charge is 0.247 e. The molecule has 7 heteroatoms. The molecule has 0 aromatic carbocycles. The molecule has 0 aliphatic rings. The van der Waals surface area contributed by atoms with Crippen LogP contribution in [0.15, 0.2) is 16.9 Å². The topological polar surface area (TPSA) is 56.0 Å². The SMILES string of the molecule is CCn1cc(CN(C)C(=O)[C@@H](C)n2cc(Br)c(C)n2)c(C)n1. The van der Waals surface area contributed by atoms with Gasteiger partial charge in [-0.25, -0.2) is 0 Å². The van der Waals surface area contributed by atoms with Gasteiger partial charge in [0, 0.05) is 38.1 Å². The Morgan fingerprint density at radius 2 is 2.00 bits per heavy atom. The van der Waals surface area contributed by atoms with Gasteiger partial charge in [-0.1, -0.05) is 0 Å². The summed E-state index contributed by atoms with van der Waals surface area (Å²) in [6, 6.07) is -0.337. The van der Waals surface area contributed by atoms with Gasteiger partial charge < -0.3 is 4.90 Å². The van der Waals surface area contributed by atoms with Gasteiger partial charge in [0.25, 0.3) is 0 Å². The van der Waals surface area contributed by atoms with Gasteiger partial charge in [-0.2, -0.15) is 10.2 Å². The maximum Gasteiger partial charge on any atom is 0.247 e. The zero-order valence-corrected chi connectivity index (χ0v) is 15.3. The molecule has 2 heterocycles. The van der Waals surface area contributed by atoms with Crippen LogP contribution in [-0.2, 0) is 17.9 Å². The highest BCUT2D eigenvalue weighted by atomic mass is 79.9. The van der Waals surface area contributed by atoms with Gasteiger partial charge in [-0.05, 0) is 43.6 Å². The summed E-state index contributed by atoms with van der Waals surface area (Å²) in [6.07, 6.45) is 3.84. The second kappa shape index (κ2) is 6.64. The molecule has 2 rings (SSSR count). The van der Waals surface area contributed by atoms with Gasteiger partial charge >= 0.3 is 0 Å². The number of hydrogen-bond donors (Lipinski definition) is 0. The van der Waals surface area contributed by atoms with Crippen molar-refractivity contribution in [1.29, 1.82) is 0 Å². The van der Waals surface area contributed by atoms with E-state index in [1.807, 2.05) is 51.8 Å². The lowest BCUT2D eigenvalue weighted by Gasteiger charge is -2.21. The van der Waals surface area contributed by atoms with Gasteiger partial charge in [0.1, 0.15) is 6.04 Å². The quantitative estimate of drug-likeness (QED) is 0.816. The van der Waals surface area contributed by atoms with E-state index < -0.39 is 0 Å². The number of hydrogen-bond acceptors (Lipinski definition) is 3. The average molecular weight is 368 g/mol. The van der Waals surface area contributed by atoms with Crippen molar-refractivity contribution in [1.82, 2.24) is 24.5 Å². The Hall–Kier alpha value is -1.63. The van der Waals surface area contributed by atoms with Crippen LogP contribution in [-0.4, -0.2) is 37.4 Å². The second-order valence-corrected chi connectivity index (χ2v) is 6.36. The summed E-state index contributed by atoms with van der Waals surface area (Å²) in [4.78, 5) is 14.3. The van der Waals surface area contributed by atoms with Crippen LogP contribution >= 0.6 is 15.9 Å². The maximum absolute atomic E-state index is 12.6. The third kappa shape index (κ3) is 3.40. The summed E-state index contributed by atoms with van der Waals surface area (Å²) in [7, 11) is 1.81. The highest BCUT2D eigenvalue weighted by Gasteiger charge is 2.21. The summed E-state index contributed by atoms with van der Waals surface area (Å²) in [5, 5.41) is 8.78. The zero-order valence-electron chi connectivity index (χ0n) is 13.7. The van der Waals surface area contributed by atoms with Gasteiger partial charge in [0.2, 0.25) is 5.91 Å². The molecule has 0 saturated carbocycles. The molecule has 1 amide bonds. The minimum atomic E-state index is -0.337. The first-order valence-electron chi connectivity index (χ1n) is 7.32. The van der Waals surface area contributed by atoms with Crippen molar-refractivity contribution >= 4 is 21.8 Å². The lowest BCUT2D eigenvalue weighted by Crippen LogP contribution is -2.33. The lowest BCUT2D eigenvalue weighted by molar-refractivity contribution is -0.133. The molecular formula is C15H22BrN5O. The number of nitrogens with zero attached hydrogens (tertiary/aromatic N) is 5. The molecule has 0 N–H and O–H groups in total. The van der Waals surface area contributed by atoms with E-state index in [0.717, 1.165) is 28.0 Å². The van der Waals surface area contributed by atoms with E-state index in [1.54, 1.807) is 9.58 Å². The van der Waals surface area contributed by atoms with Crippen LogP contribution in [0.4, 0.5) is 0 Å². The number of rotatable bonds is 5. The molecule has 6 nitrogen and oxygen atoms in total. The molecule has 0 unspecified atom stereocenters. The molecule has 0 spiro atoms. The fourth-order valence-corrected chi connectivity index (χ4v) is 2.59. The standard InChI is InChI=1S/C15H22BrN5O/c1-6-20-8-13(10(2)17-20)7-19(5)15(22)12(4)21-9-14(16)11(3)18-21/h8-9,12H,6-7H2,1-5H3/t12-/m1/s1. The van der Waals surface area contributed by atoms with Crippen molar-refractivity contribution in [2.75, 3.05) is 7.05 Å². The molecule has 2 aromatic heterocycles. The van der Waals surface area contributed by atoms with E-state index in [1.165, 1.54) is 0 Å². The van der Waals surface area contributed by atoms with Crippen LogP contribution in [0.5, 0.6) is 0 Å². The van der Waals surface area contributed by atoms with Gasteiger partial charge in [0.05, 0.1) is 15.9 Å². The Balaban J connectivity index is 2.09. The Kier molecular flexibility index (Phi) is 5.05. The Bertz CT molecular complexity index is 656. The normalized spacial score (nSPS) is 12.5. The Morgan fingerprint density at radius 1 is 1.32 bits per heavy atom. The molecule has 0 radical (unpaired) electrons. The van der Waals surface area contributed by atoms with Crippen molar-refractivity contribution in [3.8, 4) is 0 Å². The van der Waals surface area contributed by atoms with E-state index in [0.29, 0.717) is 6.54 Å². The molecule has 0 aliphatic heterocycles. The first-order valence-corrected chi connectivity index (χ1v) is 8.12. The molecule has 0 saturated heterocycles. The number of amides is 1. The minimum absolute atomic E-state index is 0.0265. The van der Waals surface area contributed by atoms with Gasteiger partial charge in [0.15, 0.2) is 0 Å². The Morgan fingerprint density at radius 3 is 2.50 bits per heavy atom. The monoisotopic (exact) mass is 367 g/mol. The number of carbonyl (C=O) groups excluding carboxylic acids is 1. The molecule has 0 fully saturated rings. The zero-order chi connectivity index (χ0) is 16.4. The predicted molar refractivity (Wildman–Crippen MR) is 88.5 cm³/mol. The first kappa shape index (κ1) is 16.7. The molecule has 22 heavy (non-hydrogen) atoms. The number of aryl methyl sites for hydroxylation is 3. The summed E-state index contributed by atoms with van der Waals surface area (Å²) in [5.74, 6) is 0.0265. The van der Waals surface area contributed by atoms with Crippen LogP contribution in [0.3, 0.4) is 0 Å². The molecule has 0 aliphatic carbocycles. The van der Waals surface area contributed by atoms with Gasteiger partial charge in [-0.3, -0.25) is 14.2 Å². The largest absolute Gasteiger partial charge is 0.339 e. The fraction of sp³-hybridized carbons (Fsp3) is 0.533. The highest BCUT2D eigenvalue weighted by molar-refractivity contribution is 9.10. The third-order valence-corrected chi connectivity index (χ3v) is 4.55. The van der Waals surface area contributed by atoms with E-state index in [2.05, 4.69) is 26.1 Å². The van der Waals surface area contributed by atoms with Crippen molar-refractivity contribution in [2.24, 2.45) is 0 Å². The number of halogens is 1. The number of aromatic nitrogens is 4. The van der Waals surface area contributed by atoms with E-state index >= 15 is 0 Å². The summed E-state index contributed by atoms with van der Waals surface area (Å²) >= 11 is 3.43. The molecule has 120 valence electrons. The van der Waals surface area contributed by atoms with Crippen LogP contribution in [0, 0.1) is 13.8 Å². The second-order valence-electron chi connectivity index (χ2n) is 5.51. The third-order valence-electron chi connectivity index (χ3n) is 3.77. The van der Waals surface area contributed by atoms with E-state index in [4.69, 9.17) is 0 Å². The summed E-state index contributed by atoms with van der Waals surface area (Å²) in [6.45, 7) is 9.16. The fourth-order valence-electron chi connectivity index (χ4n) is 2.30. The summed E-state index contributed by atoms with van der Waals surface area (Å²) < 4.78 is 4.50.